The molecule has 1 unspecified atom stereocenters. The molecule has 0 aliphatic rings. The second-order valence-electron chi connectivity index (χ2n) is 4.19. The summed E-state index contributed by atoms with van der Waals surface area (Å²) in [5, 5.41) is 0. The molecule has 0 spiro atoms. The van der Waals surface area contributed by atoms with E-state index in [4.69, 9.17) is 0 Å². The SMILES string of the molecule is CCC(C=O)CN(C(C)C)C(C)C. The summed E-state index contributed by atoms with van der Waals surface area (Å²) in [6.07, 6.45) is 2.03. The summed E-state index contributed by atoms with van der Waals surface area (Å²) in [6.45, 7) is 11.7. The maximum Gasteiger partial charge on any atom is 0.124 e. The van der Waals surface area contributed by atoms with E-state index in [1.807, 2.05) is 0 Å². The fourth-order valence-electron chi connectivity index (χ4n) is 1.56. The van der Waals surface area contributed by atoms with E-state index >= 15 is 0 Å². The minimum absolute atomic E-state index is 0.199. The van der Waals surface area contributed by atoms with Crippen molar-refractivity contribution in [2.75, 3.05) is 6.54 Å². The van der Waals surface area contributed by atoms with Crippen molar-refractivity contribution < 1.29 is 4.79 Å². The molecular formula is C11H23NO. The number of rotatable bonds is 6. The van der Waals surface area contributed by atoms with E-state index in [1.54, 1.807) is 0 Å². The Bertz CT molecular complexity index is 135. The van der Waals surface area contributed by atoms with Crippen LogP contribution < -0.4 is 0 Å². The minimum Gasteiger partial charge on any atom is -0.303 e. The minimum atomic E-state index is 0.199. The van der Waals surface area contributed by atoms with Crippen LogP contribution >= 0.6 is 0 Å². The highest BCUT2D eigenvalue weighted by molar-refractivity contribution is 5.53. The Balaban J connectivity index is 4.15. The lowest BCUT2D eigenvalue weighted by Gasteiger charge is -2.32. The van der Waals surface area contributed by atoms with Crippen LogP contribution in [0.3, 0.4) is 0 Å². The van der Waals surface area contributed by atoms with Gasteiger partial charge in [-0.25, -0.2) is 0 Å². The molecule has 2 nitrogen and oxygen atoms in total. The number of hydrogen-bond donors (Lipinski definition) is 0. The summed E-state index contributed by atoms with van der Waals surface area (Å²) in [5.41, 5.74) is 0. The quantitative estimate of drug-likeness (QED) is 0.592. The second kappa shape index (κ2) is 6.14. The van der Waals surface area contributed by atoms with Gasteiger partial charge >= 0.3 is 0 Å². The summed E-state index contributed by atoms with van der Waals surface area (Å²) in [7, 11) is 0. The van der Waals surface area contributed by atoms with Gasteiger partial charge in [-0.05, 0) is 34.1 Å². The molecule has 0 aliphatic heterocycles. The van der Waals surface area contributed by atoms with Crippen molar-refractivity contribution in [3.05, 3.63) is 0 Å². The second-order valence-corrected chi connectivity index (χ2v) is 4.19. The summed E-state index contributed by atoms with van der Waals surface area (Å²) in [5.74, 6) is 0.199. The van der Waals surface area contributed by atoms with Gasteiger partial charge in [-0.2, -0.15) is 0 Å². The monoisotopic (exact) mass is 185 g/mol. The van der Waals surface area contributed by atoms with E-state index in [1.165, 1.54) is 0 Å². The molecule has 2 heteroatoms. The van der Waals surface area contributed by atoms with Crippen LogP contribution in [0.25, 0.3) is 0 Å². The molecular weight excluding hydrogens is 162 g/mol. The molecule has 78 valence electrons. The predicted octanol–water partition coefficient (Wildman–Crippen LogP) is 2.33. The maximum atomic E-state index is 10.7. The molecule has 0 saturated heterocycles. The van der Waals surface area contributed by atoms with Gasteiger partial charge in [0.25, 0.3) is 0 Å². The van der Waals surface area contributed by atoms with Crippen LogP contribution in [0.15, 0.2) is 0 Å². The van der Waals surface area contributed by atoms with Crippen LogP contribution in [0.5, 0.6) is 0 Å². The van der Waals surface area contributed by atoms with Crippen molar-refractivity contribution in [3.63, 3.8) is 0 Å². The fourth-order valence-corrected chi connectivity index (χ4v) is 1.56. The lowest BCUT2D eigenvalue weighted by atomic mass is 10.1. The number of nitrogens with zero attached hydrogens (tertiary/aromatic N) is 1. The maximum absolute atomic E-state index is 10.7. The third-order valence-corrected chi connectivity index (χ3v) is 2.49. The largest absolute Gasteiger partial charge is 0.303 e. The van der Waals surface area contributed by atoms with Gasteiger partial charge in [0.1, 0.15) is 6.29 Å². The third-order valence-electron chi connectivity index (χ3n) is 2.49. The number of carbonyl (C=O) groups is 1. The molecule has 0 aromatic carbocycles. The molecule has 0 aromatic heterocycles. The Morgan fingerprint density at radius 1 is 1.15 bits per heavy atom. The molecule has 0 fully saturated rings. The van der Waals surface area contributed by atoms with E-state index < -0.39 is 0 Å². The Morgan fingerprint density at radius 3 is 1.85 bits per heavy atom. The van der Waals surface area contributed by atoms with Crippen molar-refractivity contribution in [2.24, 2.45) is 5.92 Å². The van der Waals surface area contributed by atoms with Gasteiger partial charge in [0.15, 0.2) is 0 Å². The molecule has 0 rings (SSSR count). The molecule has 0 aliphatic carbocycles. The first-order valence-electron chi connectivity index (χ1n) is 5.23. The first-order valence-corrected chi connectivity index (χ1v) is 5.23. The zero-order valence-electron chi connectivity index (χ0n) is 9.58. The number of aldehydes is 1. The van der Waals surface area contributed by atoms with Crippen molar-refractivity contribution in [1.29, 1.82) is 0 Å². The molecule has 1 atom stereocenters. The van der Waals surface area contributed by atoms with Crippen molar-refractivity contribution in [3.8, 4) is 0 Å². The topological polar surface area (TPSA) is 20.3 Å². The Kier molecular flexibility index (Phi) is 5.97. The van der Waals surface area contributed by atoms with E-state index in [0.29, 0.717) is 12.1 Å². The van der Waals surface area contributed by atoms with Crippen LogP contribution in [0.1, 0.15) is 41.0 Å². The van der Waals surface area contributed by atoms with E-state index in [9.17, 15) is 4.79 Å². The zero-order chi connectivity index (χ0) is 10.4. The average Bonchev–Trinajstić information content (AvgIpc) is 2.05. The summed E-state index contributed by atoms with van der Waals surface area (Å²) in [6, 6.07) is 1.04. The van der Waals surface area contributed by atoms with E-state index in [-0.39, 0.29) is 5.92 Å². The van der Waals surface area contributed by atoms with Gasteiger partial charge in [-0.15, -0.1) is 0 Å². The van der Waals surface area contributed by atoms with Crippen molar-refractivity contribution >= 4 is 6.29 Å². The van der Waals surface area contributed by atoms with Gasteiger partial charge in [-0.1, -0.05) is 6.92 Å². The van der Waals surface area contributed by atoms with Crippen molar-refractivity contribution in [2.45, 2.75) is 53.1 Å². The Morgan fingerprint density at radius 2 is 1.62 bits per heavy atom. The molecule has 0 N–H and O–H groups in total. The van der Waals surface area contributed by atoms with Crippen LogP contribution in [0, 0.1) is 5.92 Å². The predicted molar refractivity (Wildman–Crippen MR) is 56.8 cm³/mol. The molecule has 0 heterocycles. The molecule has 0 amide bonds. The van der Waals surface area contributed by atoms with Crippen LogP contribution in [0.2, 0.25) is 0 Å². The van der Waals surface area contributed by atoms with E-state index in [2.05, 4.69) is 39.5 Å². The smallest absolute Gasteiger partial charge is 0.124 e. The summed E-state index contributed by atoms with van der Waals surface area (Å²) in [4.78, 5) is 13.1. The summed E-state index contributed by atoms with van der Waals surface area (Å²) >= 11 is 0. The van der Waals surface area contributed by atoms with Crippen LogP contribution in [0.4, 0.5) is 0 Å². The molecule has 0 saturated carbocycles. The Labute approximate surface area is 82.3 Å². The first-order chi connectivity index (χ1) is 6.02. The summed E-state index contributed by atoms with van der Waals surface area (Å²) < 4.78 is 0. The van der Waals surface area contributed by atoms with Gasteiger partial charge < -0.3 is 4.79 Å². The lowest BCUT2D eigenvalue weighted by molar-refractivity contribution is -0.112. The fraction of sp³-hybridized carbons (Fsp3) is 0.909. The number of carbonyl (C=O) groups excluding carboxylic acids is 1. The standard InChI is InChI=1S/C11H23NO/c1-6-11(8-13)7-12(9(2)3)10(4)5/h8-11H,6-7H2,1-5H3. The third kappa shape index (κ3) is 4.41. The molecule has 13 heavy (non-hydrogen) atoms. The van der Waals surface area contributed by atoms with Gasteiger partial charge in [0.2, 0.25) is 0 Å². The highest BCUT2D eigenvalue weighted by atomic mass is 16.1. The molecule has 0 radical (unpaired) electrons. The lowest BCUT2D eigenvalue weighted by Crippen LogP contribution is -2.40. The molecule has 0 aromatic rings. The average molecular weight is 185 g/mol. The first kappa shape index (κ1) is 12.6. The van der Waals surface area contributed by atoms with Crippen LogP contribution in [-0.2, 0) is 4.79 Å². The highest BCUT2D eigenvalue weighted by Crippen LogP contribution is 2.10. The Hall–Kier alpha value is -0.370. The number of hydrogen-bond acceptors (Lipinski definition) is 2. The van der Waals surface area contributed by atoms with E-state index in [0.717, 1.165) is 19.3 Å². The molecule has 0 bridgehead atoms. The normalized spacial score (nSPS) is 14.2. The van der Waals surface area contributed by atoms with Gasteiger partial charge in [0.05, 0.1) is 0 Å². The van der Waals surface area contributed by atoms with Gasteiger partial charge in [-0.3, -0.25) is 4.90 Å². The zero-order valence-corrected chi connectivity index (χ0v) is 9.58. The van der Waals surface area contributed by atoms with Crippen molar-refractivity contribution in [1.82, 2.24) is 4.90 Å². The highest BCUT2D eigenvalue weighted by Gasteiger charge is 2.17. The van der Waals surface area contributed by atoms with Crippen LogP contribution in [-0.4, -0.2) is 29.8 Å². The van der Waals surface area contributed by atoms with Gasteiger partial charge in [0, 0.05) is 24.5 Å².